The van der Waals surface area contributed by atoms with Gasteiger partial charge >= 0.3 is 0 Å². The Balaban J connectivity index is 1.79. The van der Waals surface area contributed by atoms with Crippen molar-refractivity contribution in [3.63, 3.8) is 0 Å². The standard InChI is InChI=1S/C15H27N3/c1-5-6-15(7-8-15)12-16-9-13-10-17-18(11-13)14(2,3)4/h10-11,16H,5-9,12H2,1-4H3. The molecule has 1 saturated carbocycles. The fourth-order valence-corrected chi connectivity index (χ4v) is 2.51. The van der Waals surface area contributed by atoms with Crippen molar-refractivity contribution in [2.75, 3.05) is 6.54 Å². The Hall–Kier alpha value is -0.830. The molecule has 1 aliphatic carbocycles. The summed E-state index contributed by atoms with van der Waals surface area (Å²) < 4.78 is 2.04. The highest BCUT2D eigenvalue weighted by Gasteiger charge is 2.40. The van der Waals surface area contributed by atoms with Crippen molar-refractivity contribution in [1.29, 1.82) is 0 Å². The lowest BCUT2D eigenvalue weighted by Crippen LogP contribution is -2.24. The number of aromatic nitrogens is 2. The molecule has 1 fully saturated rings. The van der Waals surface area contributed by atoms with E-state index in [4.69, 9.17) is 0 Å². The van der Waals surface area contributed by atoms with Crippen LogP contribution in [0.1, 0.15) is 58.9 Å². The maximum absolute atomic E-state index is 4.43. The van der Waals surface area contributed by atoms with Crippen molar-refractivity contribution >= 4 is 0 Å². The Morgan fingerprint density at radius 2 is 2.11 bits per heavy atom. The molecule has 1 N–H and O–H groups in total. The molecular formula is C15H27N3. The molecule has 3 heteroatoms. The lowest BCUT2D eigenvalue weighted by atomic mass is 10.0. The fourth-order valence-electron chi connectivity index (χ4n) is 2.51. The van der Waals surface area contributed by atoms with Gasteiger partial charge in [0.05, 0.1) is 11.7 Å². The zero-order chi connectivity index (χ0) is 13.2. The molecule has 1 heterocycles. The summed E-state index contributed by atoms with van der Waals surface area (Å²) in [6, 6.07) is 0. The van der Waals surface area contributed by atoms with E-state index in [1.807, 2.05) is 10.9 Å². The zero-order valence-corrected chi connectivity index (χ0v) is 12.3. The third-order valence-electron chi connectivity index (χ3n) is 3.89. The topological polar surface area (TPSA) is 29.9 Å². The zero-order valence-electron chi connectivity index (χ0n) is 12.3. The lowest BCUT2D eigenvalue weighted by Gasteiger charge is -2.18. The SMILES string of the molecule is CCCC1(CNCc2cnn(C(C)(C)C)c2)CC1. The molecule has 102 valence electrons. The number of hydrogen-bond acceptors (Lipinski definition) is 2. The molecule has 0 saturated heterocycles. The molecule has 0 radical (unpaired) electrons. The van der Waals surface area contributed by atoms with Gasteiger partial charge in [0, 0.05) is 24.8 Å². The van der Waals surface area contributed by atoms with Crippen LogP contribution in [-0.2, 0) is 12.1 Å². The molecule has 1 aromatic heterocycles. The van der Waals surface area contributed by atoms with Gasteiger partial charge in [-0.15, -0.1) is 0 Å². The maximum Gasteiger partial charge on any atom is 0.0543 e. The van der Waals surface area contributed by atoms with E-state index in [9.17, 15) is 0 Å². The van der Waals surface area contributed by atoms with Gasteiger partial charge in [-0.05, 0) is 45.4 Å². The van der Waals surface area contributed by atoms with Crippen LogP contribution in [0.2, 0.25) is 0 Å². The van der Waals surface area contributed by atoms with E-state index in [0.29, 0.717) is 5.41 Å². The van der Waals surface area contributed by atoms with E-state index in [2.05, 4.69) is 44.3 Å². The number of nitrogens with one attached hydrogen (secondary N) is 1. The Bertz CT molecular complexity index is 383. The first-order valence-electron chi connectivity index (χ1n) is 7.20. The van der Waals surface area contributed by atoms with Crippen LogP contribution in [0.3, 0.4) is 0 Å². The number of rotatable bonds is 6. The van der Waals surface area contributed by atoms with E-state index in [1.165, 1.54) is 37.8 Å². The van der Waals surface area contributed by atoms with Crippen molar-refractivity contribution in [1.82, 2.24) is 15.1 Å². The first kappa shape index (κ1) is 13.6. The molecule has 2 rings (SSSR count). The Kier molecular flexibility index (Phi) is 3.81. The van der Waals surface area contributed by atoms with Crippen molar-refractivity contribution < 1.29 is 0 Å². The van der Waals surface area contributed by atoms with Gasteiger partial charge in [-0.1, -0.05) is 13.3 Å². The van der Waals surface area contributed by atoms with Crippen molar-refractivity contribution in [2.45, 2.75) is 65.5 Å². The van der Waals surface area contributed by atoms with Gasteiger partial charge in [0.2, 0.25) is 0 Å². The summed E-state index contributed by atoms with van der Waals surface area (Å²) >= 11 is 0. The van der Waals surface area contributed by atoms with Crippen LogP contribution in [0, 0.1) is 5.41 Å². The molecule has 0 aliphatic heterocycles. The second kappa shape index (κ2) is 5.04. The van der Waals surface area contributed by atoms with Crippen LogP contribution in [-0.4, -0.2) is 16.3 Å². The molecule has 1 aliphatic rings. The van der Waals surface area contributed by atoms with Gasteiger partial charge in [0.1, 0.15) is 0 Å². The quantitative estimate of drug-likeness (QED) is 0.838. The monoisotopic (exact) mass is 249 g/mol. The molecule has 0 unspecified atom stereocenters. The molecule has 0 spiro atoms. The van der Waals surface area contributed by atoms with Crippen LogP contribution < -0.4 is 5.32 Å². The second-order valence-corrected chi connectivity index (χ2v) is 6.82. The van der Waals surface area contributed by atoms with E-state index in [0.717, 1.165) is 6.54 Å². The number of nitrogens with zero attached hydrogens (tertiary/aromatic N) is 2. The molecule has 0 bridgehead atoms. The molecule has 0 aromatic carbocycles. The van der Waals surface area contributed by atoms with Crippen molar-refractivity contribution in [3.8, 4) is 0 Å². The minimum atomic E-state index is 0.0815. The summed E-state index contributed by atoms with van der Waals surface area (Å²) in [6.45, 7) is 10.9. The minimum Gasteiger partial charge on any atom is -0.312 e. The molecule has 3 nitrogen and oxygen atoms in total. The van der Waals surface area contributed by atoms with Gasteiger partial charge < -0.3 is 5.32 Å². The number of hydrogen-bond donors (Lipinski definition) is 1. The van der Waals surface area contributed by atoms with Crippen LogP contribution in [0.25, 0.3) is 0 Å². The van der Waals surface area contributed by atoms with Crippen molar-refractivity contribution in [3.05, 3.63) is 18.0 Å². The van der Waals surface area contributed by atoms with E-state index < -0.39 is 0 Å². The summed E-state index contributed by atoms with van der Waals surface area (Å²) in [5.74, 6) is 0. The van der Waals surface area contributed by atoms with Gasteiger partial charge in [-0.3, -0.25) is 4.68 Å². The molecule has 0 amide bonds. The molecular weight excluding hydrogens is 222 g/mol. The molecule has 1 aromatic rings. The van der Waals surface area contributed by atoms with Crippen LogP contribution in [0.15, 0.2) is 12.4 Å². The third kappa shape index (κ3) is 3.35. The highest BCUT2D eigenvalue weighted by Crippen LogP contribution is 2.48. The normalized spacial score (nSPS) is 18.0. The Labute approximate surface area is 111 Å². The second-order valence-electron chi connectivity index (χ2n) is 6.82. The molecule has 18 heavy (non-hydrogen) atoms. The predicted octanol–water partition coefficient (Wildman–Crippen LogP) is 3.31. The summed E-state index contributed by atoms with van der Waals surface area (Å²) in [4.78, 5) is 0. The third-order valence-corrected chi connectivity index (χ3v) is 3.89. The summed E-state index contributed by atoms with van der Waals surface area (Å²) in [5.41, 5.74) is 2.00. The maximum atomic E-state index is 4.43. The minimum absolute atomic E-state index is 0.0815. The van der Waals surface area contributed by atoms with Crippen LogP contribution in [0.4, 0.5) is 0 Å². The first-order chi connectivity index (χ1) is 8.45. The van der Waals surface area contributed by atoms with Crippen molar-refractivity contribution in [2.24, 2.45) is 5.41 Å². The van der Waals surface area contributed by atoms with Crippen LogP contribution in [0.5, 0.6) is 0 Å². The Morgan fingerprint density at radius 3 is 2.61 bits per heavy atom. The van der Waals surface area contributed by atoms with Gasteiger partial charge in [-0.25, -0.2) is 0 Å². The first-order valence-corrected chi connectivity index (χ1v) is 7.20. The summed E-state index contributed by atoms with van der Waals surface area (Å²) in [5, 5.41) is 8.03. The largest absolute Gasteiger partial charge is 0.312 e. The summed E-state index contributed by atoms with van der Waals surface area (Å²) in [6.07, 6.45) is 9.65. The summed E-state index contributed by atoms with van der Waals surface area (Å²) in [7, 11) is 0. The average molecular weight is 249 g/mol. The Morgan fingerprint density at radius 1 is 1.39 bits per heavy atom. The van der Waals surface area contributed by atoms with E-state index >= 15 is 0 Å². The highest BCUT2D eigenvalue weighted by atomic mass is 15.3. The predicted molar refractivity (Wildman–Crippen MR) is 75.5 cm³/mol. The smallest absolute Gasteiger partial charge is 0.0543 e. The van der Waals surface area contributed by atoms with E-state index in [-0.39, 0.29) is 5.54 Å². The lowest BCUT2D eigenvalue weighted by molar-refractivity contribution is 0.355. The van der Waals surface area contributed by atoms with Gasteiger partial charge in [0.25, 0.3) is 0 Å². The van der Waals surface area contributed by atoms with Crippen LogP contribution >= 0.6 is 0 Å². The molecule has 0 atom stereocenters. The van der Waals surface area contributed by atoms with E-state index in [1.54, 1.807) is 0 Å². The van der Waals surface area contributed by atoms with Gasteiger partial charge in [-0.2, -0.15) is 5.10 Å². The van der Waals surface area contributed by atoms with Gasteiger partial charge in [0.15, 0.2) is 0 Å². The average Bonchev–Trinajstić information content (AvgIpc) is 2.86. The highest BCUT2D eigenvalue weighted by molar-refractivity contribution is 5.05. The fraction of sp³-hybridized carbons (Fsp3) is 0.800.